The molecule has 13 heteroatoms. The molecule has 0 bridgehead atoms. The average molecular weight is 585 g/mol. The fraction of sp³-hybridized carbons (Fsp3) is 0.464. The van der Waals surface area contributed by atoms with Gasteiger partial charge in [0.25, 0.3) is 0 Å². The number of nitrogens with two attached hydrogens (primary N) is 1. The number of alkyl halides is 6. The maximum absolute atomic E-state index is 13.4. The molecule has 0 unspecified atom stereocenters. The number of primary amides is 1. The molecule has 2 aliphatic rings. The normalized spacial score (nSPS) is 19.0. The molecule has 4 rings (SSSR count). The number of para-hydroxylation sites is 2. The van der Waals surface area contributed by atoms with E-state index in [4.69, 9.17) is 5.73 Å². The van der Waals surface area contributed by atoms with Crippen molar-refractivity contribution in [2.45, 2.75) is 62.8 Å². The third-order valence-electron chi connectivity index (χ3n) is 7.35. The fourth-order valence-electron chi connectivity index (χ4n) is 5.09. The first kappa shape index (κ1) is 30.2. The summed E-state index contributed by atoms with van der Waals surface area (Å²) in [6.45, 7) is -0.127. The predicted molar refractivity (Wildman–Crippen MR) is 139 cm³/mol. The minimum Gasteiger partial charge on any atom is -0.369 e. The van der Waals surface area contributed by atoms with Crippen LogP contribution in [0.5, 0.6) is 0 Å². The van der Waals surface area contributed by atoms with Crippen LogP contribution in [0.4, 0.5) is 43.4 Å². The molecule has 0 saturated heterocycles. The van der Waals surface area contributed by atoms with E-state index in [1.165, 1.54) is 0 Å². The largest absolute Gasteiger partial charge is 0.389 e. The molecule has 1 aliphatic carbocycles. The lowest BCUT2D eigenvalue weighted by atomic mass is 9.83. The van der Waals surface area contributed by atoms with Gasteiger partial charge in [-0.25, -0.2) is 0 Å². The van der Waals surface area contributed by atoms with Gasteiger partial charge in [0.05, 0.1) is 17.9 Å². The molecule has 1 fully saturated rings. The number of nitrogens with one attached hydrogen (secondary N) is 2. The Morgan fingerprint density at radius 1 is 0.951 bits per heavy atom. The number of fused-ring (bicyclic) bond motifs is 1. The zero-order valence-corrected chi connectivity index (χ0v) is 21.9. The third kappa shape index (κ3) is 8.14. The zero-order valence-electron chi connectivity index (χ0n) is 21.9. The number of anilines is 3. The predicted octanol–water partition coefficient (Wildman–Crippen LogP) is 5.54. The molecule has 1 saturated carbocycles. The van der Waals surface area contributed by atoms with Gasteiger partial charge in [-0.3, -0.25) is 14.4 Å². The highest BCUT2D eigenvalue weighted by atomic mass is 19.4. The highest BCUT2D eigenvalue weighted by Gasteiger charge is 2.41. The Morgan fingerprint density at radius 3 is 2.20 bits per heavy atom. The van der Waals surface area contributed by atoms with E-state index >= 15 is 0 Å². The summed E-state index contributed by atoms with van der Waals surface area (Å²) in [6.07, 6.45) is -12.3. The molecule has 41 heavy (non-hydrogen) atoms. The van der Waals surface area contributed by atoms with Crippen molar-refractivity contribution in [2.24, 2.45) is 17.6 Å². The number of nitrogens with zero attached hydrogens (tertiary/aromatic N) is 1. The number of amides is 3. The summed E-state index contributed by atoms with van der Waals surface area (Å²) in [6, 6.07) is 13.2. The first-order valence-electron chi connectivity index (χ1n) is 13.2. The third-order valence-corrected chi connectivity index (χ3v) is 7.35. The van der Waals surface area contributed by atoms with Crippen LogP contribution in [0.2, 0.25) is 0 Å². The Labute approximate surface area is 232 Å². The monoisotopic (exact) mass is 584 g/mol. The minimum atomic E-state index is -4.74. The summed E-state index contributed by atoms with van der Waals surface area (Å²) in [4.78, 5) is 40.4. The maximum Gasteiger partial charge on any atom is 0.389 e. The maximum atomic E-state index is 13.4. The highest BCUT2D eigenvalue weighted by molar-refractivity contribution is 6.02. The van der Waals surface area contributed by atoms with Crippen molar-refractivity contribution in [1.82, 2.24) is 5.32 Å². The van der Waals surface area contributed by atoms with Crippen LogP contribution in [0.15, 0.2) is 48.5 Å². The SMILES string of the molecule is NC(=O)[C@@H](CCC(F)(F)F)[C@@H](CCC(F)(F)F)C(=O)N[C@H]1CN(c2cccc(C3CC3)c2)c2ccccc2NC1=O. The van der Waals surface area contributed by atoms with Crippen molar-refractivity contribution in [2.75, 3.05) is 16.8 Å². The molecule has 0 spiro atoms. The quantitative estimate of drug-likeness (QED) is 0.319. The number of rotatable bonds is 10. The van der Waals surface area contributed by atoms with Crippen LogP contribution in [-0.2, 0) is 14.4 Å². The lowest BCUT2D eigenvalue weighted by Gasteiger charge is -2.30. The number of carbonyl (C=O) groups excluding carboxylic acids is 3. The molecule has 2 aromatic rings. The number of carbonyl (C=O) groups is 3. The number of halogens is 6. The zero-order chi connectivity index (χ0) is 29.9. The number of hydrogen-bond donors (Lipinski definition) is 3. The Balaban J connectivity index is 1.62. The van der Waals surface area contributed by atoms with E-state index in [1.54, 1.807) is 29.2 Å². The summed E-state index contributed by atoms with van der Waals surface area (Å²) in [5, 5.41) is 5.12. The lowest BCUT2D eigenvalue weighted by molar-refractivity contribution is -0.152. The van der Waals surface area contributed by atoms with Gasteiger partial charge >= 0.3 is 12.4 Å². The molecule has 4 N–H and O–H groups in total. The summed E-state index contributed by atoms with van der Waals surface area (Å²) in [5.41, 5.74) is 8.13. The van der Waals surface area contributed by atoms with Crippen molar-refractivity contribution in [3.05, 3.63) is 54.1 Å². The summed E-state index contributed by atoms with van der Waals surface area (Å²) in [5.74, 6) is -6.39. The molecule has 222 valence electrons. The van der Waals surface area contributed by atoms with Gasteiger partial charge in [0, 0.05) is 30.4 Å². The smallest absolute Gasteiger partial charge is 0.369 e. The van der Waals surface area contributed by atoms with Gasteiger partial charge in [-0.15, -0.1) is 0 Å². The topological polar surface area (TPSA) is 105 Å². The second-order valence-corrected chi connectivity index (χ2v) is 10.5. The van der Waals surface area contributed by atoms with E-state index in [0.717, 1.165) is 18.4 Å². The second-order valence-electron chi connectivity index (χ2n) is 10.5. The molecule has 1 heterocycles. The molecule has 3 atom stereocenters. The summed E-state index contributed by atoms with van der Waals surface area (Å²) < 4.78 is 78.0. The van der Waals surface area contributed by atoms with E-state index in [-0.39, 0.29) is 6.54 Å². The van der Waals surface area contributed by atoms with Crippen LogP contribution in [0, 0.1) is 11.8 Å². The van der Waals surface area contributed by atoms with E-state index < -0.39 is 73.6 Å². The Hall–Kier alpha value is -3.77. The lowest BCUT2D eigenvalue weighted by Crippen LogP contribution is -2.52. The van der Waals surface area contributed by atoms with Gasteiger partial charge in [-0.1, -0.05) is 24.3 Å². The molecule has 1 aliphatic heterocycles. The Morgan fingerprint density at radius 2 is 1.59 bits per heavy atom. The van der Waals surface area contributed by atoms with Crippen molar-refractivity contribution in [1.29, 1.82) is 0 Å². The molecule has 0 aromatic heterocycles. The van der Waals surface area contributed by atoms with Gasteiger partial charge in [-0.05, 0) is 61.4 Å². The molecule has 2 aromatic carbocycles. The van der Waals surface area contributed by atoms with E-state index in [2.05, 4.69) is 10.6 Å². The Kier molecular flexibility index (Phi) is 8.83. The van der Waals surface area contributed by atoms with Crippen LogP contribution in [-0.4, -0.2) is 42.7 Å². The van der Waals surface area contributed by atoms with Crippen molar-refractivity contribution in [3.63, 3.8) is 0 Å². The summed E-state index contributed by atoms with van der Waals surface area (Å²) >= 11 is 0. The average Bonchev–Trinajstić information content (AvgIpc) is 3.73. The number of benzene rings is 2. The van der Waals surface area contributed by atoms with Gasteiger partial charge < -0.3 is 21.3 Å². The minimum absolute atomic E-state index is 0.127. The summed E-state index contributed by atoms with van der Waals surface area (Å²) in [7, 11) is 0. The van der Waals surface area contributed by atoms with Gasteiger partial charge in [0.15, 0.2) is 0 Å². The fourth-order valence-corrected chi connectivity index (χ4v) is 5.09. The van der Waals surface area contributed by atoms with Crippen LogP contribution in [0.3, 0.4) is 0 Å². The highest BCUT2D eigenvalue weighted by Crippen LogP contribution is 2.42. The second kappa shape index (κ2) is 12.0. The Bertz CT molecular complexity index is 1280. The molecule has 3 amide bonds. The first-order chi connectivity index (χ1) is 19.2. The van der Waals surface area contributed by atoms with Crippen LogP contribution in [0.1, 0.15) is 50.0 Å². The van der Waals surface area contributed by atoms with Gasteiger partial charge in [0.1, 0.15) is 6.04 Å². The standard InChI is InChI=1S/C28H30F6N4O3/c29-27(30,31)12-10-19(24(35)39)20(11-13-28(32,33)34)25(40)37-22-15-38(18-5-3-4-17(14-18)16-8-9-16)23-7-2-1-6-21(23)36-26(22)41/h1-7,14,16,19-20,22H,8-13,15H2,(H2,35,39)(H,36,41)(H,37,40)/t19-,20+,22-/m0/s1. The van der Waals surface area contributed by atoms with Crippen LogP contribution < -0.4 is 21.3 Å². The van der Waals surface area contributed by atoms with Crippen LogP contribution >= 0.6 is 0 Å². The van der Waals surface area contributed by atoms with E-state index in [0.29, 0.717) is 23.0 Å². The molecular formula is C28H30F6N4O3. The molecule has 7 nitrogen and oxygen atoms in total. The van der Waals surface area contributed by atoms with E-state index in [1.807, 2.05) is 24.3 Å². The van der Waals surface area contributed by atoms with Crippen molar-refractivity contribution in [3.8, 4) is 0 Å². The molecule has 0 radical (unpaired) electrons. The van der Waals surface area contributed by atoms with Gasteiger partial charge in [-0.2, -0.15) is 26.3 Å². The van der Waals surface area contributed by atoms with Crippen molar-refractivity contribution >= 4 is 34.8 Å². The molecular weight excluding hydrogens is 554 g/mol. The van der Waals surface area contributed by atoms with E-state index in [9.17, 15) is 40.7 Å². The number of hydrogen-bond acceptors (Lipinski definition) is 4. The van der Waals surface area contributed by atoms with Gasteiger partial charge in [0.2, 0.25) is 17.7 Å². The first-order valence-corrected chi connectivity index (χ1v) is 13.2. The van der Waals surface area contributed by atoms with Crippen LogP contribution in [0.25, 0.3) is 0 Å². The van der Waals surface area contributed by atoms with Crippen molar-refractivity contribution < 1.29 is 40.7 Å².